The van der Waals surface area contributed by atoms with E-state index in [0.717, 1.165) is 6.42 Å². The summed E-state index contributed by atoms with van der Waals surface area (Å²) >= 11 is 0. The number of aliphatic hydroxyl groups excluding tert-OH is 1. The van der Waals surface area contributed by atoms with Crippen molar-refractivity contribution in [2.45, 2.75) is 83.6 Å². The van der Waals surface area contributed by atoms with E-state index in [1.54, 1.807) is 0 Å². The molecule has 1 aromatic carbocycles. The molecular formula is C20H36ClNO. The predicted molar refractivity (Wildman–Crippen MR) is 103 cm³/mol. The lowest BCUT2D eigenvalue weighted by Gasteiger charge is -2.08. The van der Waals surface area contributed by atoms with Crippen LogP contribution >= 0.6 is 12.4 Å². The van der Waals surface area contributed by atoms with E-state index in [0.29, 0.717) is 0 Å². The quantitative estimate of drug-likeness (QED) is 0.493. The Morgan fingerprint density at radius 1 is 0.826 bits per heavy atom. The van der Waals surface area contributed by atoms with E-state index in [4.69, 9.17) is 10.8 Å². The van der Waals surface area contributed by atoms with Gasteiger partial charge in [0.05, 0.1) is 6.61 Å². The average Bonchev–Trinajstić information content (AvgIpc) is 2.54. The smallest absolute Gasteiger partial charge is 0.0585 e. The molecule has 2 nitrogen and oxygen atoms in total. The maximum absolute atomic E-state index is 8.97. The van der Waals surface area contributed by atoms with E-state index >= 15 is 0 Å². The highest BCUT2D eigenvalue weighted by molar-refractivity contribution is 5.85. The molecule has 0 unspecified atom stereocenters. The zero-order valence-electron chi connectivity index (χ0n) is 14.8. The van der Waals surface area contributed by atoms with Crippen molar-refractivity contribution < 1.29 is 5.11 Å². The summed E-state index contributed by atoms with van der Waals surface area (Å²) in [4.78, 5) is 0. The molecule has 1 aromatic rings. The van der Waals surface area contributed by atoms with Gasteiger partial charge in [-0.25, -0.2) is 0 Å². The highest BCUT2D eigenvalue weighted by Crippen LogP contribution is 2.13. The summed E-state index contributed by atoms with van der Waals surface area (Å²) in [6.45, 7) is 2.33. The SMILES string of the molecule is CCCCCCCCCCCc1ccc(C[C@H](N)CO)cc1.Cl. The third-order valence-corrected chi connectivity index (χ3v) is 4.32. The Morgan fingerprint density at radius 3 is 1.83 bits per heavy atom. The van der Waals surface area contributed by atoms with E-state index in [1.807, 2.05) is 0 Å². The van der Waals surface area contributed by atoms with Gasteiger partial charge in [0.25, 0.3) is 0 Å². The van der Waals surface area contributed by atoms with Crippen LogP contribution in [0.3, 0.4) is 0 Å². The molecule has 0 aliphatic rings. The lowest BCUT2D eigenvalue weighted by molar-refractivity contribution is 0.265. The number of halogens is 1. The molecule has 0 aliphatic heterocycles. The summed E-state index contributed by atoms with van der Waals surface area (Å²) in [7, 11) is 0. The number of rotatable bonds is 13. The first-order chi connectivity index (χ1) is 10.8. The Kier molecular flexibility index (Phi) is 14.6. The van der Waals surface area contributed by atoms with Gasteiger partial charge in [0.15, 0.2) is 0 Å². The van der Waals surface area contributed by atoms with Crippen LogP contribution in [0.4, 0.5) is 0 Å². The Balaban J connectivity index is 0.00000484. The molecule has 134 valence electrons. The van der Waals surface area contributed by atoms with Crippen LogP contribution in [0.15, 0.2) is 24.3 Å². The maximum atomic E-state index is 8.97. The normalized spacial score (nSPS) is 12.0. The number of hydrogen-bond acceptors (Lipinski definition) is 2. The number of unbranched alkanes of at least 4 members (excludes halogenated alkanes) is 8. The van der Waals surface area contributed by atoms with Crippen molar-refractivity contribution in [3.63, 3.8) is 0 Å². The summed E-state index contributed by atoms with van der Waals surface area (Å²) in [5.41, 5.74) is 8.40. The number of aliphatic hydroxyl groups is 1. The third-order valence-electron chi connectivity index (χ3n) is 4.32. The molecule has 0 saturated heterocycles. The fourth-order valence-electron chi connectivity index (χ4n) is 2.85. The minimum absolute atomic E-state index is 0. The number of benzene rings is 1. The van der Waals surface area contributed by atoms with Crippen LogP contribution < -0.4 is 5.73 Å². The van der Waals surface area contributed by atoms with Crippen LogP contribution in [0, 0.1) is 0 Å². The first-order valence-electron chi connectivity index (χ1n) is 9.20. The van der Waals surface area contributed by atoms with Crippen LogP contribution in [0.2, 0.25) is 0 Å². The Morgan fingerprint density at radius 2 is 1.30 bits per heavy atom. The van der Waals surface area contributed by atoms with Crippen LogP contribution in [0.25, 0.3) is 0 Å². The molecule has 0 saturated carbocycles. The van der Waals surface area contributed by atoms with Crippen molar-refractivity contribution in [3.05, 3.63) is 35.4 Å². The molecule has 0 spiro atoms. The van der Waals surface area contributed by atoms with Gasteiger partial charge < -0.3 is 10.8 Å². The monoisotopic (exact) mass is 341 g/mol. The zero-order chi connectivity index (χ0) is 16.0. The van der Waals surface area contributed by atoms with Gasteiger partial charge in [0, 0.05) is 6.04 Å². The Labute approximate surface area is 149 Å². The number of hydrogen-bond donors (Lipinski definition) is 2. The second-order valence-corrected chi connectivity index (χ2v) is 6.54. The first-order valence-corrected chi connectivity index (χ1v) is 9.20. The highest BCUT2D eigenvalue weighted by Gasteiger charge is 2.02. The van der Waals surface area contributed by atoms with E-state index in [1.165, 1.54) is 75.3 Å². The molecule has 0 amide bonds. The van der Waals surface area contributed by atoms with Gasteiger partial charge in [-0.3, -0.25) is 0 Å². The van der Waals surface area contributed by atoms with Crippen molar-refractivity contribution in [2.75, 3.05) is 6.61 Å². The second kappa shape index (κ2) is 15.0. The van der Waals surface area contributed by atoms with Crippen molar-refractivity contribution in [1.29, 1.82) is 0 Å². The summed E-state index contributed by atoms with van der Waals surface area (Å²) in [5.74, 6) is 0. The van der Waals surface area contributed by atoms with E-state index in [2.05, 4.69) is 31.2 Å². The van der Waals surface area contributed by atoms with Crippen LogP contribution in [0.5, 0.6) is 0 Å². The van der Waals surface area contributed by atoms with Crippen molar-refractivity contribution in [3.8, 4) is 0 Å². The first kappa shape index (κ1) is 22.4. The van der Waals surface area contributed by atoms with Gasteiger partial charge in [0.1, 0.15) is 0 Å². The molecular weight excluding hydrogens is 306 g/mol. The van der Waals surface area contributed by atoms with Crippen LogP contribution in [0.1, 0.15) is 75.8 Å². The minimum Gasteiger partial charge on any atom is -0.395 e. The summed E-state index contributed by atoms with van der Waals surface area (Å²) in [6, 6.07) is 8.59. The molecule has 3 heteroatoms. The van der Waals surface area contributed by atoms with Gasteiger partial charge in [0.2, 0.25) is 0 Å². The van der Waals surface area contributed by atoms with Crippen molar-refractivity contribution in [2.24, 2.45) is 5.73 Å². The molecule has 1 atom stereocenters. The van der Waals surface area contributed by atoms with Crippen LogP contribution in [-0.4, -0.2) is 17.8 Å². The largest absolute Gasteiger partial charge is 0.395 e. The lowest BCUT2D eigenvalue weighted by atomic mass is 10.0. The maximum Gasteiger partial charge on any atom is 0.0585 e. The van der Waals surface area contributed by atoms with Gasteiger partial charge in [-0.05, 0) is 30.4 Å². The van der Waals surface area contributed by atoms with Gasteiger partial charge >= 0.3 is 0 Å². The average molecular weight is 342 g/mol. The molecule has 0 radical (unpaired) electrons. The van der Waals surface area contributed by atoms with E-state index < -0.39 is 0 Å². The summed E-state index contributed by atoms with van der Waals surface area (Å²) in [6.07, 6.45) is 14.4. The topological polar surface area (TPSA) is 46.2 Å². The summed E-state index contributed by atoms with van der Waals surface area (Å²) < 4.78 is 0. The second-order valence-electron chi connectivity index (χ2n) is 6.54. The number of aryl methyl sites for hydroxylation is 1. The fourth-order valence-corrected chi connectivity index (χ4v) is 2.85. The lowest BCUT2D eigenvalue weighted by Crippen LogP contribution is -2.26. The van der Waals surface area contributed by atoms with Crippen molar-refractivity contribution >= 4 is 12.4 Å². The van der Waals surface area contributed by atoms with Crippen molar-refractivity contribution in [1.82, 2.24) is 0 Å². The fraction of sp³-hybridized carbons (Fsp3) is 0.700. The molecule has 0 aromatic heterocycles. The molecule has 0 bridgehead atoms. The standard InChI is InChI=1S/C20H35NO.ClH/c1-2-3-4-5-6-7-8-9-10-11-18-12-14-19(15-13-18)16-20(21)17-22;/h12-15,20,22H,2-11,16-17,21H2,1H3;1H/t20-;/m0./s1. The molecule has 0 fully saturated rings. The summed E-state index contributed by atoms with van der Waals surface area (Å²) in [5, 5.41) is 8.97. The minimum atomic E-state index is -0.136. The van der Waals surface area contributed by atoms with Crippen LogP contribution in [-0.2, 0) is 12.8 Å². The molecule has 1 rings (SSSR count). The predicted octanol–water partition coefficient (Wildman–Crippen LogP) is 5.04. The third kappa shape index (κ3) is 11.6. The van der Waals surface area contributed by atoms with Gasteiger partial charge in [-0.15, -0.1) is 12.4 Å². The van der Waals surface area contributed by atoms with E-state index in [-0.39, 0.29) is 25.1 Å². The Hall–Kier alpha value is -0.570. The highest BCUT2D eigenvalue weighted by atomic mass is 35.5. The molecule has 0 heterocycles. The molecule has 3 N–H and O–H groups in total. The number of nitrogens with two attached hydrogens (primary N) is 1. The van der Waals surface area contributed by atoms with Gasteiger partial charge in [-0.2, -0.15) is 0 Å². The molecule has 0 aliphatic carbocycles. The van der Waals surface area contributed by atoms with E-state index in [9.17, 15) is 0 Å². The van der Waals surface area contributed by atoms with Gasteiger partial charge in [-0.1, -0.05) is 82.6 Å². The zero-order valence-corrected chi connectivity index (χ0v) is 15.6. The Bertz CT molecular complexity index is 366. The molecule has 23 heavy (non-hydrogen) atoms.